The molecule has 10 heteroatoms. The Morgan fingerprint density at radius 3 is 2.23 bits per heavy atom. The Hall–Kier alpha value is -3.50. The molecule has 1 fully saturated rings. The first-order chi connectivity index (χ1) is 17.0. The third-order valence-electron chi connectivity index (χ3n) is 6.72. The van der Waals surface area contributed by atoms with Gasteiger partial charge in [-0.1, -0.05) is 24.3 Å². The number of benzene rings is 2. The molecule has 6 rings (SSSR count). The number of hydrogen-bond donors (Lipinski definition) is 0. The molecule has 0 bridgehead atoms. The van der Waals surface area contributed by atoms with Gasteiger partial charge in [-0.15, -0.1) is 21.5 Å². The zero-order chi connectivity index (χ0) is 24.1. The number of halogens is 2. The highest BCUT2D eigenvalue weighted by atomic mass is 32.1. The first-order valence-corrected chi connectivity index (χ1v) is 12.3. The summed E-state index contributed by atoms with van der Waals surface area (Å²) in [4.78, 5) is 15.1. The molecule has 0 radical (unpaired) electrons. The van der Waals surface area contributed by atoms with E-state index in [1.54, 1.807) is 6.33 Å². The van der Waals surface area contributed by atoms with E-state index >= 15 is 0 Å². The van der Waals surface area contributed by atoms with Crippen LogP contribution in [0.25, 0.3) is 16.1 Å². The van der Waals surface area contributed by atoms with Crippen molar-refractivity contribution in [2.75, 3.05) is 18.0 Å². The van der Waals surface area contributed by atoms with Crippen LogP contribution in [-0.4, -0.2) is 54.6 Å². The van der Waals surface area contributed by atoms with E-state index in [9.17, 15) is 8.78 Å². The van der Waals surface area contributed by atoms with Gasteiger partial charge in [0.05, 0.1) is 11.6 Å². The van der Waals surface area contributed by atoms with E-state index in [1.165, 1.54) is 35.6 Å². The van der Waals surface area contributed by atoms with Crippen molar-refractivity contribution in [3.63, 3.8) is 0 Å². The minimum atomic E-state index is -0.278. The van der Waals surface area contributed by atoms with Gasteiger partial charge in [0.15, 0.2) is 5.82 Å². The summed E-state index contributed by atoms with van der Waals surface area (Å²) in [5.74, 6) is 0.801. The van der Waals surface area contributed by atoms with E-state index in [4.69, 9.17) is 4.98 Å². The number of fused-ring (bicyclic) bond motifs is 3. The number of anilines is 1. The van der Waals surface area contributed by atoms with E-state index in [0.29, 0.717) is 12.3 Å². The van der Waals surface area contributed by atoms with Crippen LogP contribution < -0.4 is 4.90 Å². The Kier molecular flexibility index (Phi) is 5.42. The third-order valence-corrected chi connectivity index (χ3v) is 7.55. The molecule has 178 valence electrons. The van der Waals surface area contributed by atoms with Gasteiger partial charge in [0.1, 0.15) is 28.3 Å². The molecule has 7 nitrogen and oxygen atoms in total. The summed E-state index contributed by atoms with van der Waals surface area (Å²) in [5.41, 5.74) is 4.59. The molecule has 0 N–H and O–H groups in total. The van der Waals surface area contributed by atoms with E-state index in [0.717, 1.165) is 33.8 Å². The van der Waals surface area contributed by atoms with Crippen molar-refractivity contribution in [3.05, 3.63) is 83.1 Å². The highest BCUT2D eigenvalue weighted by molar-refractivity contribution is 7.16. The Balaban J connectivity index is 1.38. The SMILES string of the molecule is C[C@@H]1CN(c2nc3nncn3c3scnc23)[C@@H](C)CN1C(c1ccc(F)cc1)c1ccc(F)cc1. The molecular formula is C25H23F2N7S. The number of nitrogens with zero attached hydrogens (tertiary/aromatic N) is 7. The van der Waals surface area contributed by atoms with Gasteiger partial charge < -0.3 is 4.90 Å². The Morgan fingerprint density at radius 2 is 1.57 bits per heavy atom. The maximum absolute atomic E-state index is 13.7. The highest BCUT2D eigenvalue weighted by Crippen LogP contribution is 2.36. The average molecular weight is 492 g/mol. The quantitative estimate of drug-likeness (QED) is 0.363. The van der Waals surface area contributed by atoms with Crippen molar-refractivity contribution >= 4 is 33.3 Å². The summed E-state index contributed by atoms with van der Waals surface area (Å²) < 4.78 is 29.3. The fraction of sp³-hybridized carbons (Fsp3) is 0.280. The molecule has 0 amide bonds. The summed E-state index contributed by atoms with van der Waals surface area (Å²) in [6.45, 7) is 5.78. The van der Waals surface area contributed by atoms with Gasteiger partial charge in [0, 0.05) is 25.2 Å². The van der Waals surface area contributed by atoms with Gasteiger partial charge in [-0.05, 0) is 49.2 Å². The van der Waals surface area contributed by atoms with Crippen LogP contribution in [0.3, 0.4) is 0 Å². The fourth-order valence-electron chi connectivity index (χ4n) is 5.03. The van der Waals surface area contributed by atoms with Gasteiger partial charge in [-0.25, -0.2) is 13.8 Å². The molecule has 1 saturated heterocycles. The summed E-state index contributed by atoms with van der Waals surface area (Å²) in [7, 11) is 0. The lowest BCUT2D eigenvalue weighted by atomic mass is 9.93. The number of piperazine rings is 1. The number of aromatic nitrogens is 5. The molecule has 0 saturated carbocycles. The average Bonchev–Trinajstić information content (AvgIpc) is 3.52. The predicted molar refractivity (Wildman–Crippen MR) is 132 cm³/mol. The molecule has 2 atom stereocenters. The molecule has 0 aliphatic carbocycles. The van der Waals surface area contributed by atoms with Crippen molar-refractivity contribution in [2.24, 2.45) is 0 Å². The third kappa shape index (κ3) is 3.82. The van der Waals surface area contributed by atoms with E-state index in [2.05, 4.69) is 38.8 Å². The smallest absolute Gasteiger partial charge is 0.258 e. The minimum absolute atomic E-state index is 0.109. The van der Waals surface area contributed by atoms with Crippen LogP contribution in [0.4, 0.5) is 14.6 Å². The Labute approximate surface area is 204 Å². The van der Waals surface area contributed by atoms with E-state index < -0.39 is 0 Å². The van der Waals surface area contributed by atoms with Gasteiger partial charge in [0.25, 0.3) is 5.78 Å². The molecule has 5 aromatic rings. The van der Waals surface area contributed by atoms with E-state index in [1.807, 2.05) is 34.2 Å². The second-order valence-corrected chi connectivity index (χ2v) is 9.83. The van der Waals surface area contributed by atoms with Crippen molar-refractivity contribution in [1.29, 1.82) is 0 Å². The zero-order valence-corrected chi connectivity index (χ0v) is 20.0. The molecule has 35 heavy (non-hydrogen) atoms. The lowest BCUT2D eigenvalue weighted by Crippen LogP contribution is -2.57. The van der Waals surface area contributed by atoms with E-state index in [-0.39, 0.29) is 29.8 Å². The topological polar surface area (TPSA) is 62.5 Å². The summed E-state index contributed by atoms with van der Waals surface area (Å²) in [6.07, 6.45) is 1.66. The molecule has 1 aliphatic heterocycles. The zero-order valence-electron chi connectivity index (χ0n) is 19.2. The molecule has 1 aliphatic rings. The van der Waals surface area contributed by atoms with Crippen molar-refractivity contribution in [3.8, 4) is 0 Å². The second kappa shape index (κ2) is 8.62. The van der Waals surface area contributed by atoms with Crippen LogP contribution in [0, 0.1) is 11.6 Å². The highest BCUT2D eigenvalue weighted by Gasteiger charge is 2.36. The van der Waals surface area contributed by atoms with Crippen molar-refractivity contribution in [2.45, 2.75) is 32.0 Å². The summed E-state index contributed by atoms with van der Waals surface area (Å²) >= 11 is 1.54. The lowest BCUT2D eigenvalue weighted by Gasteiger charge is -2.48. The first-order valence-electron chi connectivity index (χ1n) is 11.5. The van der Waals surface area contributed by atoms with Crippen molar-refractivity contribution in [1.82, 2.24) is 29.5 Å². The van der Waals surface area contributed by atoms with Gasteiger partial charge in [-0.3, -0.25) is 9.30 Å². The van der Waals surface area contributed by atoms with Crippen LogP contribution in [-0.2, 0) is 0 Å². The summed E-state index contributed by atoms with van der Waals surface area (Å²) in [5, 5.41) is 8.18. The standard InChI is InChI=1S/C25H23F2N7S/c1-15-12-33(23-21-24(35-14-28-21)34-13-29-31-25(34)30-23)16(2)11-32(15)22(17-3-7-19(26)8-4-17)18-5-9-20(27)10-6-18/h3-10,13-16,22H,11-12H2,1-2H3/t15-,16+/m1/s1. The number of rotatable bonds is 4. The predicted octanol–water partition coefficient (Wildman–Crippen LogP) is 4.70. The summed E-state index contributed by atoms with van der Waals surface area (Å²) in [6, 6.07) is 13.3. The Morgan fingerprint density at radius 1 is 0.914 bits per heavy atom. The van der Waals surface area contributed by atoms with Gasteiger partial charge in [-0.2, -0.15) is 4.98 Å². The second-order valence-electron chi connectivity index (χ2n) is 9.00. The minimum Gasteiger partial charge on any atom is -0.349 e. The maximum atomic E-state index is 13.7. The molecule has 2 aromatic carbocycles. The Bertz CT molecular complexity index is 1440. The molecular weight excluding hydrogens is 468 g/mol. The van der Waals surface area contributed by atoms with Crippen LogP contribution in [0.5, 0.6) is 0 Å². The van der Waals surface area contributed by atoms with Crippen LogP contribution in [0.1, 0.15) is 31.0 Å². The number of thiazole rings is 1. The van der Waals surface area contributed by atoms with Crippen LogP contribution in [0.2, 0.25) is 0 Å². The fourth-order valence-corrected chi connectivity index (χ4v) is 5.79. The monoisotopic (exact) mass is 491 g/mol. The maximum Gasteiger partial charge on any atom is 0.258 e. The number of hydrogen-bond acceptors (Lipinski definition) is 7. The molecule has 0 spiro atoms. The van der Waals surface area contributed by atoms with Gasteiger partial charge >= 0.3 is 0 Å². The van der Waals surface area contributed by atoms with Crippen LogP contribution >= 0.6 is 11.3 Å². The largest absolute Gasteiger partial charge is 0.349 e. The van der Waals surface area contributed by atoms with Crippen LogP contribution in [0.15, 0.2) is 60.4 Å². The molecule has 0 unspecified atom stereocenters. The normalized spacial score (nSPS) is 19.3. The molecule has 4 heterocycles. The molecule has 3 aromatic heterocycles. The van der Waals surface area contributed by atoms with Gasteiger partial charge in [0.2, 0.25) is 0 Å². The lowest BCUT2D eigenvalue weighted by molar-refractivity contribution is 0.129. The first kappa shape index (κ1) is 22.0. The van der Waals surface area contributed by atoms with Crippen molar-refractivity contribution < 1.29 is 8.78 Å².